The van der Waals surface area contributed by atoms with Crippen molar-refractivity contribution in [3.63, 3.8) is 0 Å². The lowest BCUT2D eigenvalue weighted by molar-refractivity contribution is 0.414. The molecule has 0 unspecified atom stereocenters. The Labute approximate surface area is 154 Å². The lowest BCUT2D eigenvalue weighted by Gasteiger charge is -2.08. The van der Waals surface area contributed by atoms with Crippen LogP contribution < -0.4 is 4.74 Å². The minimum Gasteiger partial charge on any atom is -0.497 e. The van der Waals surface area contributed by atoms with Crippen LogP contribution in [0.1, 0.15) is 57.1 Å². The summed E-state index contributed by atoms with van der Waals surface area (Å²) >= 11 is 3.49. The average Bonchev–Trinajstić information content (AvgIpc) is 3.09. The van der Waals surface area contributed by atoms with Crippen LogP contribution in [0.15, 0.2) is 36.5 Å². The molecule has 0 aliphatic carbocycles. The molecule has 0 saturated carbocycles. The Bertz CT molecular complexity index is 565. The number of rotatable bonds is 12. The van der Waals surface area contributed by atoms with E-state index in [0.717, 1.165) is 23.2 Å². The number of nitrogens with zero attached hydrogens (tertiary/aromatic N) is 2. The number of benzene rings is 1. The molecule has 3 nitrogen and oxygen atoms in total. The molecule has 1 heterocycles. The van der Waals surface area contributed by atoms with E-state index in [1.165, 1.54) is 57.1 Å². The van der Waals surface area contributed by atoms with E-state index in [0.29, 0.717) is 0 Å². The molecular formula is C20H29BrN2O. The minimum atomic E-state index is 0.878. The molecule has 0 aliphatic rings. The van der Waals surface area contributed by atoms with Crippen LogP contribution in [0.5, 0.6) is 5.75 Å². The summed E-state index contributed by atoms with van der Waals surface area (Å²) in [5, 5.41) is 5.62. The Morgan fingerprint density at radius 1 is 0.875 bits per heavy atom. The first-order valence-corrected chi connectivity index (χ1v) is 10.2. The van der Waals surface area contributed by atoms with E-state index in [1.807, 2.05) is 23.0 Å². The van der Waals surface area contributed by atoms with E-state index in [-0.39, 0.29) is 0 Å². The van der Waals surface area contributed by atoms with Gasteiger partial charge in [0.2, 0.25) is 0 Å². The second kappa shape index (κ2) is 11.3. The molecule has 2 rings (SSSR count). The Hall–Kier alpha value is -1.29. The largest absolute Gasteiger partial charge is 0.497 e. The first kappa shape index (κ1) is 19.0. The molecule has 4 heteroatoms. The van der Waals surface area contributed by atoms with Crippen LogP contribution in [0.2, 0.25) is 0 Å². The quantitative estimate of drug-likeness (QED) is 0.330. The molecule has 0 amide bonds. The fourth-order valence-electron chi connectivity index (χ4n) is 2.94. The minimum absolute atomic E-state index is 0.878. The fraction of sp³-hybridized carbons (Fsp3) is 0.550. The maximum atomic E-state index is 5.22. The summed E-state index contributed by atoms with van der Waals surface area (Å²) in [7, 11) is 1.69. The van der Waals surface area contributed by atoms with Crippen molar-refractivity contribution in [2.24, 2.45) is 0 Å². The van der Waals surface area contributed by atoms with E-state index in [2.05, 4.69) is 39.2 Å². The van der Waals surface area contributed by atoms with Crippen LogP contribution in [0.3, 0.4) is 0 Å². The van der Waals surface area contributed by atoms with E-state index >= 15 is 0 Å². The summed E-state index contributed by atoms with van der Waals surface area (Å²) in [6.07, 6.45) is 13.7. The van der Waals surface area contributed by atoms with Gasteiger partial charge < -0.3 is 4.74 Å². The van der Waals surface area contributed by atoms with Crippen LogP contribution in [0.4, 0.5) is 0 Å². The zero-order valence-electron chi connectivity index (χ0n) is 14.7. The molecule has 2 aromatic rings. The zero-order valence-corrected chi connectivity index (χ0v) is 16.3. The molecule has 1 aromatic carbocycles. The Morgan fingerprint density at radius 3 is 2.12 bits per heavy atom. The molecule has 0 aliphatic heterocycles. The van der Waals surface area contributed by atoms with Gasteiger partial charge in [0.1, 0.15) is 5.75 Å². The lowest BCUT2D eigenvalue weighted by atomic mass is 10.1. The van der Waals surface area contributed by atoms with Crippen LogP contribution in [0, 0.1) is 0 Å². The second-order valence-corrected chi connectivity index (χ2v) is 6.99. The number of hydrogen-bond donors (Lipinski definition) is 0. The van der Waals surface area contributed by atoms with Gasteiger partial charge in [-0.3, -0.25) is 0 Å². The van der Waals surface area contributed by atoms with Gasteiger partial charge in [0.25, 0.3) is 0 Å². The molecule has 0 saturated heterocycles. The number of aromatic nitrogens is 2. The Kier molecular flexibility index (Phi) is 8.96. The number of aryl methyl sites for hydroxylation is 1. The van der Waals surface area contributed by atoms with Crippen molar-refractivity contribution in [3.05, 3.63) is 42.2 Å². The first-order valence-electron chi connectivity index (χ1n) is 9.08. The van der Waals surface area contributed by atoms with Gasteiger partial charge in [-0.25, -0.2) is 4.68 Å². The molecule has 0 atom stereocenters. The van der Waals surface area contributed by atoms with Crippen LogP contribution in [-0.4, -0.2) is 22.2 Å². The molecular weight excluding hydrogens is 364 g/mol. The van der Waals surface area contributed by atoms with Crippen molar-refractivity contribution in [2.75, 3.05) is 12.4 Å². The van der Waals surface area contributed by atoms with Gasteiger partial charge in [-0.2, -0.15) is 5.10 Å². The molecule has 0 N–H and O–H groups in total. The molecule has 0 spiro atoms. The van der Waals surface area contributed by atoms with E-state index in [4.69, 9.17) is 4.74 Å². The number of halogens is 1. The number of ether oxygens (including phenoxy) is 1. The third-order valence-electron chi connectivity index (χ3n) is 4.35. The van der Waals surface area contributed by atoms with Crippen molar-refractivity contribution < 1.29 is 4.74 Å². The average molecular weight is 393 g/mol. The third-order valence-corrected chi connectivity index (χ3v) is 4.92. The summed E-state index contributed by atoms with van der Waals surface area (Å²) in [5.41, 5.74) is 2.39. The van der Waals surface area contributed by atoms with Gasteiger partial charge in [-0.1, -0.05) is 54.5 Å². The van der Waals surface area contributed by atoms with Gasteiger partial charge in [-0.15, -0.1) is 0 Å². The maximum Gasteiger partial charge on any atom is 0.119 e. The Morgan fingerprint density at radius 2 is 1.50 bits per heavy atom. The van der Waals surface area contributed by atoms with Gasteiger partial charge in [0, 0.05) is 17.2 Å². The summed E-state index contributed by atoms with van der Waals surface area (Å²) in [4.78, 5) is 0. The normalized spacial score (nSPS) is 10.9. The maximum absolute atomic E-state index is 5.22. The number of alkyl halides is 1. The SMILES string of the molecule is COc1ccc(-n2nccc2CCCCCCCCCCBr)cc1. The summed E-state index contributed by atoms with van der Waals surface area (Å²) in [5.74, 6) is 0.878. The van der Waals surface area contributed by atoms with E-state index < -0.39 is 0 Å². The predicted molar refractivity (Wildman–Crippen MR) is 105 cm³/mol. The third kappa shape index (κ3) is 6.31. The van der Waals surface area contributed by atoms with Gasteiger partial charge in [0.15, 0.2) is 0 Å². The van der Waals surface area contributed by atoms with Gasteiger partial charge in [-0.05, 0) is 49.6 Å². The molecule has 0 fully saturated rings. The zero-order chi connectivity index (χ0) is 17.0. The monoisotopic (exact) mass is 392 g/mol. The smallest absolute Gasteiger partial charge is 0.119 e. The van der Waals surface area contributed by atoms with Crippen molar-refractivity contribution in [1.82, 2.24) is 9.78 Å². The topological polar surface area (TPSA) is 27.1 Å². The summed E-state index contributed by atoms with van der Waals surface area (Å²) in [6, 6.07) is 10.2. The lowest BCUT2D eigenvalue weighted by Crippen LogP contribution is -2.02. The summed E-state index contributed by atoms with van der Waals surface area (Å²) in [6.45, 7) is 0. The number of unbranched alkanes of at least 4 members (excludes halogenated alkanes) is 7. The highest BCUT2D eigenvalue weighted by atomic mass is 79.9. The number of methoxy groups -OCH3 is 1. The van der Waals surface area contributed by atoms with Gasteiger partial charge >= 0.3 is 0 Å². The van der Waals surface area contributed by atoms with Crippen molar-refractivity contribution in [3.8, 4) is 11.4 Å². The van der Waals surface area contributed by atoms with Crippen LogP contribution in [-0.2, 0) is 6.42 Å². The number of hydrogen-bond acceptors (Lipinski definition) is 2. The molecule has 1 aromatic heterocycles. The Balaban J connectivity index is 1.69. The first-order chi connectivity index (χ1) is 11.8. The predicted octanol–water partition coefficient (Wildman–Crippen LogP) is 5.94. The van der Waals surface area contributed by atoms with Crippen molar-refractivity contribution >= 4 is 15.9 Å². The molecule has 0 radical (unpaired) electrons. The standard InChI is InChI=1S/C20H29BrN2O/c1-24-20-13-11-19(12-14-20)23-18(15-17-22-23)10-8-6-4-2-3-5-7-9-16-21/h11-15,17H,2-10,16H2,1H3. The molecule has 132 valence electrons. The van der Waals surface area contributed by atoms with Crippen LogP contribution >= 0.6 is 15.9 Å². The van der Waals surface area contributed by atoms with E-state index in [9.17, 15) is 0 Å². The van der Waals surface area contributed by atoms with Crippen molar-refractivity contribution in [1.29, 1.82) is 0 Å². The molecule has 24 heavy (non-hydrogen) atoms. The highest BCUT2D eigenvalue weighted by Crippen LogP contribution is 2.17. The molecule has 0 bridgehead atoms. The second-order valence-electron chi connectivity index (χ2n) is 6.20. The highest BCUT2D eigenvalue weighted by molar-refractivity contribution is 9.09. The van der Waals surface area contributed by atoms with Gasteiger partial charge in [0.05, 0.1) is 12.8 Å². The highest BCUT2D eigenvalue weighted by Gasteiger charge is 2.05. The van der Waals surface area contributed by atoms with Crippen molar-refractivity contribution in [2.45, 2.75) is 57.8 Å². The van der Waals surface area contributed by atoms with Crippen LogP contribution in [0.25, 0.3) is 5.69 Å². The fourth-order valence-corrected chi connectivity index (χ4v) is 3.33. The van der Waals surface area contributed by atoms with E-state index in [1.54, 1.807) is 7.11 Å². The summed E-state index contributed by atoms with van der Waals surface area (Å²) < 4.78 is 7.26.